The van der Waals surface area contributed by atoms with E-state index < -0.39 is 22.8 Å². The van der Waals surface area contributed by atoms with Crippen LogP contribution in [-0.4, -0.2) is 56.9 Å². The van der Waals surface area contributed by atoms with Gasteiger partial charge in [-0.05, 0) is 72.5 Å². The lowest BCUT2D eigenvalue weighted by Gasteiger charge is -2.27. The molecule has 1 N–H and O–H groups in total. The fraction of sp³-hybridized carbons (Fsp3) is 0.368. The molecular formula is C38H45O9S-. The first kappa shape index (κ1) is 36.9. The fourth-order valence-corrected chi connectivity index (χ4v) is 5.60. The molecule has 258 valence electrons. The van der Waals surface area contributed by atoms with Crippen LogP contribution in [0, 0.1) is 6.92 Å². The molecule has 0 saturated heterocycles. The van der Waals surface area contributed by atoms with E-state index in [0.717, 1.165) is 11.1 Å². The van der Waals surface area contributed by atoms with Crippen molar-refractivity contribution in [2.75, 3.05) is 26.4 Å². The van der Waals surface area contributed by atoms with Gasteiger partial charge in [-0.15, -0.1) is 0 Å². The van der Waals surface area contributed by atoms with E-state index in [4.69, 9.17) is 18.9 Å². The maximum atomic E-state index is 10.9. The van der Waals surface area contributed by atoms with Crippen molar-refractivity contribution in [3.8, 4) is 17.2 Å². The maximum Gasteiger partial charge on any atom is 0.220 e. The molecule has 10 heteroatoms. The predicted octanol–water partition coefficient (Wildman–Crippen LogP) is 6.68. The Labute approximate surface area is 284 Å². The number of hydrogen-bond donors (Lipinski definition) is 1. The number of aliphatic hydroxyl groups excluding tert-OH is 1. The van der Waals surface area contributed by atoms with Gasteiger partial charge in [0.05, 0.1) is 0 Å². The summed E-state index contributed by atoms with van der Waals surface area (Å²) >= 11 is 0. The maximum absolute atomic E-state index is 10.9. The average molecular weight is 678 g/mol. The molecule has 2 unspecified atom stereocenters. The molecule has 0 aliphatic heterocycles. The highest BCUT2D eigenvalue weighted by molar-refractivity contribution is 7.80. The SMILES string of the molecule is CCOC(COc1ccc(C(C)(C)c2ccc(OCC(O)COc3ccc(C(C)(C)c4ccc(C)cc4)cc3)cc2)cc1)OS(=O)(=O)[O-]. The second-order valence-corrected chi connectivity index (χ2v) is 13.7. The third-order valence-electron chi connectivity index (χ3n) is 8.35. The zero-order chi connectivity index (χ0) is 35.0. The van der Waals surface area contributed by atoms with E-state index in [1.807, 2.05) is 48.5 Å². The second kappa shape index (κ2) is 16.0. The molecule has 48 heavy (non-hydrogen) atoms. The molecule has 0 aromatic heterocycles. The standard InChI is InChI=1S/C38H46O9S/c1-7-43-36(47-48(40,41)42)26-46-35-22-16-31(17-23-35)38(5,6)30-14-20-34(21-15-30)45-25-32(39)24-44-33-18-12-29(13-19-33)37(3,4)28-10-8-27(2)9-11-28/h8-23,32,36,39H,7,24-26H2,1-6H3,(H,40,41,42)/p-1. The Morgan fingerprint density at radius 1 is 0.625 bits per heavy atom. The summed E-state index contributed by atoms with van der Waals surface area (Å²) in [6.45, 7) is 12.4. The van der Waals surface area contributed by atoms with Crippen LogP contribution in [0.2, 0.25) is 0 Å². The topological polar surface area (TPSA) is 124 Å². The van der Waals surface area contributed by atoms with Crippen LogP contribution in [-0.2, 0) is 30.1 Å². The molecule has 9 nitrogen and oxygen atoms in total. The van der Waals surface area contributed by atoms with E-state index in [1.165, 1.54) is 16.7 Å². The summed E-state index contributed by atoms with van der Waals surface area (Å²) in [4.78, 5) is 0. The first-order valence-electron chi connectivity index (χ1n) is 15.9. The van der Waals surface area contributed by atoms with Crippen LogP contribution in [0.15, 0.2) is 97.1 Å². The number of aryl methyl sites for hydroxylation is 1. The zero-order valence-electron chi connectivity index (χ0n) is 28.3. The number of ether oxygens (including phenoxy) is 4. The molecule has 0 fully saturated rings. The molecule has 0 spiro atoms. The van der Waals surface area contributed by atoms with E-state index in [9.17, 15) is 18.1 Å². The molecule has 0 saturated carbocycles. The van der Waals surface area contributed by atoms with Gasteiger partial charge in [0.25, 0.3) is 0 Å². The molecule has 4 rings (SSSR count). The number of benzene rings is 4. The molecule has 4 aromatic rings. The van der Waals surface area contributed by atoms with E-state index in [0.29, 0.717) is 17.2 Å². The van der Waals surface area contributed by atoms with Gasteiger partial charge >= 0.3 is 0 Å². The van der Waals surface area contributed by atoms with Crippen molar-refractivity contribution in [2.45, 2.75) is 64.8 Å². The smallest absolute Gasteiger partial charge is 0.220 e. The van der Waals surface area contributed by atoms with Crippen molar-refractivity contribution in [3.05, 3.63) is 125 Å². The normalized spacial score (nSPS) is 13.5. The lowest BCUT2D eigenvalue weighted by Crippen LogP contribution is -2.28. The van der Waals surface area contributed by atoms with Crippen molar-refractivity contribution in [1.29, 1.82) is 0 Å². The third kappa shape index (κ3) is 10.3. The van der Waals surface area contributed by atoms with Crippen LogP contribution in [0.1, 0.15) is 62.4 Å². The van der Waals surface area contributed by atoms with Crippen LogP contribution in [0.3, 0.4) is 0 Å². The summed E-state index contributed by atoms with van der Waals surface area (Å²) < 4.78 is 59.5. The second-order valence-electron chi connectivity index (χ2n) is 12.7. The van der Waals surface area contributed by atoms with Gasteiger partial charge < -0.3 is 28.6 Å². The van der Waals surface area contributed by atoms with E-state index >= 15 is 0 Å². The monoisotopic (exact) mass is 677 g/mol. The quantitative estimate of drug-likeness (QED) is 0.0740. The van der Waals surface area contributed by atoms with Crippen LogP contribution >= 0.6 is 0 Å². The summed E-state index contributed by atoms with van der Waals surface area (Å²) in [6, 6.07) is 31.6. The Hall–Kier alpha value is -3.93. The van der Waals surface area contributed by atoms with E-state index in [1.54, 1.807) is 19.1 Å². The molecule has 2 atom stereocenters. The van der Waals surface area contributed by atoms with Crippen LogP contribution in [0.5, 0.6) is 17.2 Å². The van der Waals surface area contributed by atoms with E-state index in [2.05, 4.69) is 75.2 Å². The number of rotatable bonds is 17. The van der Waals surface area contributed by atoms with Crippen molar-refractivity contribution < 1.29 is 41.2 Å². The Bertz CT molecular complexity index is 1680. The van der Waals surface area contributed by atoms with Gasteiger partial charge in [0, 0.05) is 17.4 Å². The van der Waals surface area contributed by atoms with Gasteiger partial charge in [0.1, 0.15) is 43.2 Å². The molecular weight excluding hydrogens is 632 g/mol. The number of aliphatic hydroxyl groups is 1. The highest BCUT2D eigenvalue weighted by Crippen LogP contribution is 2.34. The highest BCUT2D eigenvalue weighted by atomic mass is 32.3. The summed E-state index contributed by atoms with van der Waals surface area (Å²) in [5.74, 6) is 1.78. The zero-order valence-corrected chi connectivity index (χ0v) is 29.2. The van der Waals surface area contributed by atoms with Crippen molar-refractivity contribution in [3.63, 3.8) is 0 Å². The number of hydrogen-bond acceptors (Lipinski definition) is 9. The van der Waals surface area contributed by atoms with Crippen molar-refractivity contribution in [1.82, 2.24) is 0 Å². The van der Waals surface area contributed by atoms with Crippen molar-refractivity contribution >= 4 is 10.4 Å². The van der Waals surface area contributed by atoms with Gasteiger partial charge in [-0.1, -0.05) is 93.9 Å². The minimum Gasteiger partial charge on any atom is -0.725 e. The minimum absolute atomic E-state index is 0.0820. The molecule has 0 aliphatic carbocycles. The molecule has 0 amide bonds. The minimum atomic E-state index is -4.93. The van der Waals surface area contributed by atoms with Crippen LogP contribution in [0.4, 0.5) is 0 Å². The molecule has 0 aliphatic rings. The van der Waals surface area contributed by atoms with Gasteiger partial charge in [-0.3, -0.25) is 0 Å². The molecule has 0 heterocycles. The Morgan fingerprint density at radius 2 is 0.958 bits per heavy atom. The van der Waals surface area contributed by atoms with Crippen LogP contribution in [0.25, 0.3) is 0 Å². The van der Waals surface area contributed by atoms with Gasteiger partial charge in [0.15, 0.2) is 0 Å². The molecule has 4 aromatic carbocycles. The largest absolute Gasteiger partial charge is 0.725 e. The van der Waals surface area contributed by atoms with Gasteiger partial charge in [0.2, 0.25) is 16.7 Å². The third-order valence-corrected chi connectivity index (χ3v) is 8.80. The predicted molar refractivity (Wildman–Crippen MR) is 183 cm³/mol. The summed E-state index contributed by atoms with van der Waals surface area (Å²) in [6.07, 6.45) is -2.14. The summed E-state index contributed by atoms with van der Waals surface area (Å²) in [5, 5.41) is 10.5. The highest BCUT2D eigenvalue weighted by Gasteiger charge is 2.24. The Morgan fingerprint density at radius 3 is 1.29 bits per heavy atom. The van der Waals surface area contributed by atoms with Gasteiger partial charge in [-0.25, -0.2) is 12.6 Å². The Balaban J connectivity index is 1.25. The van der Waals surface area contributed by atoms with Gasteiger partial charge in [-0.2, -0.15) is 0 Å². The van der Waals surface area contributed by atoms with E-state index in [-0.39, 0.29) is 37.3 Å². The molecule has 0 radical (unpaired) electrons. The average Bonchev–Trinajstić information content (AvgIpc) is 3.05. The molecule has 0 bridgehead atoms. The Kier molecular flexibility index (Phi) is 12.3. The first-order chi connectivity index (χ1) is 22.7. The lowest BCUT2D eigenvalue weighted by atomic mass is 9.78. The van der Waals surface area contributed by atoms with Crippen LogP contribution < -0.4 is 14.2 Å². The summed E-state index contributed by atoms with van der Waals surface area (Å²) in [7, 11) is -4.93. The first-order valence-corrected chi connectivity index (χ1v) is 17.2. The fourth-order valence-electron chi connectivity index (χ4n) is 5.23. The van der Waals surface area contributed by atoms with Crippen molar-refractivity contribution in [2.24, 2.45) is 0 Å². The lowest BCUT2D eigenvalue weighted by molar-refractivity contribution is -0.0985. The summed E-state index contributed by atoms with van der Waals surface area (Å²) in [5.41, 5.74) is 5.21.